The van der Waals surface area contributed by atoms with Crippen LogP contribution < -0.4 is 10.6 Å². The molecule has 1 heterocycles. The molecule has 5 heteroatoms. The molecule has 1 aliphatic carbocycles. The van der Waals surface area contributed by atoms with Gasteiger partial charge < -0.3 is 15.7 Å². The van der Waals surface area contributed by atoms with Crippen molar-refractivity contribution in [3.05, 3.63) is 0 Å². The Morgan fingerprint density at radius 3 is 2.62 bits per heavy atom. The standard InChI is InChI=1S/C16H28N2O3/c1-3-8-16(10-6-11-17-16)13(19)18-12-7-4-5-9-15(12,2)14(20)21/h12,17H,3-11H2,1-2H3,(H,18,19)(H,20,21). The van der Waals surface area contributed by atoms with Gasteiger partial charge in [-0.15, -0.1) is 0 Å². The fraction of sp³-hybridized carbons (Fsp3) is 0.875. The zero-order chi connectivity index (χ0) is 15.5. The number of carboxylic acids is 1. The number of rotatable bonds is 5. The SMILES string of the molecule is CCCC1(C(=O)NC2CCCCC2(C)C(=O)O)CCCN1. The largest absolute Gasteiger partial charge is 0.481 e. The normalized spacial score (nSPS) is 36.4. The third kappa shape index (κ3) is 3.07. The van der Waals surface area contributed by atoms with Gasteiger partial charge in [0.15, 0.2) is 0 Å². The molecule has 0 aromatic heterocycles. The highest BCUT2D eigenvalue weighted by atomic mass is 16.4. The second-order valence-corrected chi connectivity index (χ2v) is 6.86. The lowest BCUT2D eigenvalue weighted by Gasteiger charge is -2.40. The summed E-state index contributed by atoms with van der Waals surface area (Å²) in [6.07, 6.45) is 6.93. The van der Waals surface area contributed by atoms with Gasteiger partial charge >= 0.3 is 5.97 Å². The van der Waals surface area contributed by atoms with E-state index < -0.39 is 16.9 Å². The number of carbonyl (C=O) groups is 2. The van der Waals surface area contributed by atoms with E-state index in [2.05, 4.69) is 17.6 Å². The lowest BCUT2D eigenvalue weighted by molar-refractivity contribution is -0.152. The highest BCUT2D eigenvalue weighted by Gasteiger charge is 2.47. The van der Waals surface area contributed by atoms with Crippen molar-refractivity contribution in [2.45, 2.75) is 76.8 Å². The quantitative estimate of drug-likeness (QED) is 0.725. The summed E-state index contributed by atoms with van der Waals surface area (Å²) in [7, 11) is 0. The van der Waals surface area contributed by atoms with Crippen LogP contribution in [-0.2, 0) is 9.59 Å². The van der Waals surface area contributed by atoms with E-state index in [9.17, 15) is 14.7 Å². The van der Waals surface area contributed by atoms with Crippen LogP contribution in [0.1, 0.15) is 65.2 Å². The fourth-order valence-electron chi connectivity index (χ4n) is 3.87. The minimum Gasteiger partial charge on any atom is -0.481 e. The van der Waals surface area contributed by atoms with Gasteiger partial charge in [0.25, 0.3) is 0 Å². The number of aliphatic carboxylic acids is 1. The Labute approximate surface area is 126 Å². The van der Waals surface area contributed by atoms with Crippen molar-refractivity contribution in [1.29, 1.82) is 0 Å². The molecule has 0 bridgehead atoms. The predicted molar refractivity (Wildman–Crippen MR) is 81.0 cm³/mol. The Morgan fingerprint density at radius 2 is 2.05 bits per heavy atom. The molecule has 3 unspecified atom stereocenters. The van der Waals surface area contributed by atoms with Gasteiger partial charge in [0, 0.05) is 6.04 Å². The van der Waals surface area contributed by atoms with Crippen LogP contribution in [0.4, 0.5) is 0 Å². The maximum Gasteiger partial charge on any atom is 0.311 e. The maximum atomic E-state index is 12.8. The van der Waals surface area contributed by atoms with Gasteiger partial charge in [0.2, 0.25) is 5.91 Å². The van der Waals surface area contributed by atoms with Crippen LogP contribution in [0.3, 0.4) is 0 Å². The van der Waals surface area contributed by atoms with Crippen molar-refractivity contribution in [3.63, 3.8) is 0 Å². The Morgan fingerprint density at radius 1 is 1.29 bits per heavy atom. The summed E-state index contributed by atoms with van der Waals surface area (Å²) in [4.78, 5) is 24.4. The molecule has 3 atom stereocenters. The first kappa shape index (κ1) is 16.3. The smallest absolute Gasteiger partial charge is 0.311 e. The molecular formula is C16H28N2O3. The molecule has 5 nitrogen and oxygen atoms in total. The van der Waals surface area contributed by atoms with E-state index >= 15 is 0 Å². The highest BCUT2D eigenvalue weighted by Crippen LogP contribution is 2.37. The average Bonchev–Trinajstić information content (AvgIpc) is 2.91. The predicted octanol–water partition coefficient (Wildman–Crippen LogP) is 2.06. The van der Waals surface area contributed by atoms with E-state index in [1.165, 1.54) is 0 Å². The molecule has 2 rings (SSSR count). The average molecular weight is 296 g/mol. The Balaban J connectivity index is 2.11. The van der Waals surface area contributed by atoms with Crippen molar-refractivity contribution >= 4 is 11.9 Å². The highest BCUT2D eigenvalue weighted by molar-refractivity contribution is 5.88. The number of carbonyl (C=O) groups excluding carboxylic acids is 1. The number of carboxylic acid groups (broad SMARTS) is 1. The molecule has 2 fully saturated rings. The van der Waals surface area contributed by atoms with Crippen LogP contribution in [-0.4, -0.2) is 35.1 Å². The molecule has 1 saturated carbocycles. The Hall–Kier alpha value is -1.10. The van der Waals surface area contributed by atoms with Gasteiger partial charge in [0.1, 0.15) is 0 Å². The molecule has 0 radical (unpaired) electrons. The summed E-state index contributed by atoms with van der Waals surface area (Å²) in [5.74, 6) is -0.794. The first-order chi connectivity index (χ1) is 9.94. The zero-order valence-electron chi connectivity index (χ0n) is 13.2. The Kier molecular flexibility index (Phi) is 4.91. The minimum atomic E-state index is -0.833. The molecule has 0 aromatic rings. The second-order valence-electron chi connectivity index (χ2n) is 6.86. The topological polar surface area (TPSA) is 78.4 Å². The number of hydrogen-bond donors (Lipinski definition) is 3. The molecular weight excluding hydrogens is 268 g/mol. The van der Waals surface area contributed by atoms with Crippen LogP contribution in [0, 0.1) is 5.41 Å². The number of hydrogen-bond acceptors (Lipinski definition) is 3. The lowest BCUT2D eigenvalue weighted by atomic mass is 9.71. The molecule has 3 N–H and O–H groups in total. The van der Waals surface area contributed by atoms with Crippen molar-refractivity contribution in [3.8, 4) is 0 Å². The number of amides is 1. The van der Waals surface area contributed by atoms with Crippen molar-refractivity contribution in [2.24, 2.45) is 5.41 Å². The maximum absolute atomic E-state index is 12.8. The van der Waals surface area contributed by atoms with Crippen LogP contribution >= 0.6 is 0 Å². The lowest BCUT2D eigenvalue weighted by Crippen LogP contribution is -2.60. The van der Waals surface area contributed by atoms with E-state index in [0.29, 0.717) is 6.42 Å². The monoisotopic (exact) mass is 296 g/mol. The molecule has 0 spiro atoms. The first-order valence-corrected chi connectivity index (χ1v) is 8.24. The van der Waals surface area contributed by atoms with Crippen LogP contribution in [0.2, 0.25) is 0 Å². The van der Waals surface area contributed by atoms with Crippen LogP contribution in [0.25, 0.3) is 0 Å². The zero-order valence-corrected chi connectivity index (χ0v) is 13.2. The summed E-state index contributed by atoms with van der Waals surface area (Å²) < 4.78 is 0. The molecule has 1 saturated heterocycles. The summed E-state index contributed by atoms with van der Waals surface area (Å²) in [6, 6.07) is -0.257. The van der Waals surface area contributed by atoms with E-state index in [4.69, 9.17) is 0 Å². The van der Waals surface area contributed by atoms with E-state index in [-0.39, 0.29) is 11.9 Å². The van der Waals surface area contributed by atoms with Gasteiger partial charge in [-0.05, 0) is 45.6 Å². The summed E-state index contributed by atoms with van der Waals surface area (Å²) >= 11 is 0. The minimum absolute atomic E-state index is 0.00113. The van der Waals surface area contributed by atoms with E-state index in [1.807, 2.05) is 0 Å². The fourth-order valence-corrected chi connectivity index (χ4v) is 3.87. The third-order valence-corrected chi connectivity index (χ3v) is 5.36. The Bertz CT molecular complexity index is 404. The molecule has 120 valence electrons. The van der Waals surface area contributed by atoms with Gasteiger partial charge in [-0.2, -0.15) is 0 Å². The second kappa shape index (κ2) is 6.34. The molecule has 1 aliphatic heterocycles. The van der Waals surface area contributed by atoms with Gasteiger partial charge in [-0.1, -0.05) is 26.2 Å². The van der Waals surface area contributed by atoms with Gasteiger partial charge in [0.05, 0.1) is 11.0 Å². The number of nitrogens with one attached hydrogen (secondary N) is 2. The van der Waals surface area contributed by atoms with Gasteiger partial charge in [-0.25, -0.2) is 0 Å². The van der Waals surface area contributed by atoms with Crippen molar-refractivity contribution < 1.29 is 14.7 Å². The third-order valence-electron chi connectivity index (χ3n) is 5.36. The molecule has 21 heavy (non-hydrogen) atoms. The van der Waals surface area contributed by atoms with Crippen LogP contribution in [0.15, 0.2) is 0 Å². The van der Waals surface area contributed by atoms with E-state index in [0.717, 1.165) is 51.5 Å². The van der Waals surface area contributed by atoms with Crippen molar-refractivity contribution in [1.82, 2.24) is 10.6 Å². The summed E-state index contributed by atoms with van der Waals surface area (Å²) in [5, 5.41) is 16.0. The summed E-state index contributed by atoms with van der Waals surface area (Å²) in [5.41, 5.74) is -1.31. The molecule has 1 amide bonds. The van der Waals surface area contributed by atoms with E-state index in [1.54, 1.807) is 6.92 Å². The first-order valence-electron chi connectivity index (χ1n) is 8.24. The van der Waals surface area contributed by atoms with Crippen LogP contribution in [0.5, 0.6) is 0 Å². The van der Waals surface area contributed by atoms with Crippen molar-refractivity contribution in [2.75, 3.05) is 6.54 Å². The molecule has 0 aromatic carbocycles. The van der Waals surface area contributed by atoms with Gasteiger partial charge in [-0.3, -0.25) is 9.59 Å². The molecule has 2 aliphatic rings. The summed E-state index contributed by atoms with van der Waals surface area (Å²) in [6.45, 7) is 4.72.